The average Bonchev–Trinajstić information content (AvgIpc) is 3.26. The number of nitrogens with one attached hydrogen (secondary N) is 1. The highest BCUT2D eigenvalue weighted by Gasteiger charge is 2.31. The molecule has 2 N–H and O–H groups in total. The molecule has 4 rings (SSSR count). The van der Waals surface area contributed by atoms with E-state index in [4.69, 9.17) is 9.47 Å². The monoisotopic (exact) mass is 521 g/mol. The van der Waals surface area contributed by atoms with Gasteiger partial charge in [-0.15, -0.1) is 18.3 Å². The predicted molar refractivity (Wildman–Crippen MR) is 131 cm³/mol. The summed E-state index contributed by atoms with van der Waals surface area (Å²) < 4.78 is 53.5. The van der Waals surface area contributed by atoms with Gasteiger partial charge in [0.25, 0.3) is 0 Å². The third-order valence-electron chi connectivity index (χ3n) is 6.08. The van der Waals surface area contributed by atoms with E-state index in [1.165, 1.54) is 12.1 Å². The number of anilines is 2. The lowest BCUT2D eigenvalue weighted by Gasteiger charge is -2.34. The fourth-order valence-corrected chi connectivity index (χ4v) is 4.23. The zero-order chi connectivity index (χ0) is 26.4. The van der Waals surface area contributed by atoms with E-state index in [9.17, 15) is 18.3 Å². The van der Waals surface area contributed by atoms with Crippen LogP contribution in [0.1, 0.15) is 37.3 Å². The summed E-state index contributed by atoms with van der Waals surface area (Å²) in [6.45, 7) is 3.93. The number of hydrogen-bond donors (Lipinski definition) is 2. The standard InChI is InChI=1S/C25H30F3N5O4/c1-3-36-24(34)22-23(33(31-30-22)16-17-4-8-20(35-2)9-5-17)29-18-12-14-32(15-13-18)19-6-10-21(11-7-19)37-25(26,27)28/h4-11,18,24,29,34H,3,12-16H2,1-2H3. The number of rotatable bonds is 10. The van der Waals surface area contributed by atoms with E-state index in [2.05, 4.69) is 25.3 Å². The molecule has 0 amide bonds. The number of aliphatic hydroxyl groups excluding tert-OH is 1. The Balaban J connectivity index is 1.42. The molecule has 0 saturated carbocycles. The smallest absolute Gasteiger partial charge is 0.497 e. The maximum absolute atomic E-state index is 12.4. The van der Waals surface area contributed by atoms with Crippen LogP contribution in [0.3, 0.4) is 0 Å². The number of aliphatic hydroxyl groups is 1. The molecule has 200 valence electrons. The lowest BCUT2D eigenvalue weighted by molar-refractivity contribution is -0.274. The van der Waals surface area contributed by atoms with Gasteiger partial charge in [-0.1, -0.05) is 17.3 Å². The Labute approximate surface area is 212 Å². The molecule has 1 aliphatic rings. The van der Waals surface area contributed by atoms with Crippen molar-refractivity contribution in [3.63, 3.8) is 0 Å². The zero-order valence-corrected chi connectivity index (χ0v) is 20.6. The number of methoxy groups -OCH3 is 1. The highest BCUT2D eigenvalue weighted by atomic mass is 19.4. The van der Waals surface area contributed by atoms with Crippen LogP contribution in [0.15, 0.2) is 48.5 Å². The minimum atomic E-state index is -4.71. The van der Waals surface area contributed by atoms with Gasteiger partial charge in [0.15, 0.2) is 11.5 Å². The molecule has 37 heavy (non-hydrogen) atoms. The fraction of sp³-hybridized carbons (Fsp3) is 0.440. The molecule has 1 atom stereocenters. The molecule has 0 bridgehead atoms. The Kier molecular flexibility index (Phi) is 8.39. The number of hydrogen-bond acceptors (Lipinski definition) is 8. The first-order chi connectivity index (χ1) is 17.8. The van der Waals surface area contributed by atoms with E-state index in [0.29, 0.717) is 37.8 Å². The van der Waals surface area contributed by atoms with Gasteiger partial charge in [-0.2, -0.15) is 0 Å². The minimum absolute atomic E-state index is 0.0739. The van der Waals surface area contributed by atoms with Gasteiger partial charge in [0.05, 0.1) is 13.7 Å². The Hall–Kier alpha value is -3.51. The molecule has 1 saturated heterocycles. The summed E-state index contributed by atoms with van der Waals surface area (Å²) >= 11 is 0. The van der Waals surface area contributed by atoms with E-state index in [0.717, 1.165) is 29.8 Å². The molecular formula is C25H30F3N5O4. The molecule has 3 aromatic rings. The Morgan fingerprint density at radius 3 is 2.30 bits per heavy atom. The third kappa shape index (κ3) is 7.04. The van der Waals surface area contributed by atoms with Crippen LogP contribution in [0, 0.1) is 0 Å². The second-order valence-electron chi connectivity index (χ2n) is 8.58. The molecule has 0 aliphatic carbocycles. The van der Waals surface area contributed by atoms with Crippen LogP contribution in [-0.4, -0.2) is 59.3 Å². The number of alkyl halides is 3. The van der Waals surface area contributed by atoms with Crippen molar-refractivity contribution < 1.29 is 32.5 Å². The number of aromatic nitrogens is 3. The van der Waals surface area contributed by atoms with E-state index in [1.54, 1.807) is 30.8 Å². The number of benzene rings is 2. The van der Waals surface area contributed by atoms with Crippen molar-refractivity contribution in [2.24, 2.45) is 0 Å². The molecular weight excluding hydrogens is 491 g/mol. The second-order valence-corrected chi connectivity index (χ2v) is 8.58. The lowest BCUT2D eigenvalue weighted by Crippen LogP contribution is -2.39. The van der Waals surface area contributed by atoms with Gasteiger partial charge in [-0.3, -0.25) is 0 Å². The van der Waals surface area contributed by atoms with Crippen LogP contribution in [0.5, 0.6) is 11.5 Å². The van der Waals surface area contributed by atoms with Crippen molar-refractivity contribution in [2.75, 3.05) is 37.0 Å². The zero-order valence-electron chi connectivity index (χ0n) is 20.6. The van der Waals surface area contributed by atoms with Crippen LogP contribution >= 0.6 is 0 Å². The molecule has 1 unspecified atom stereocenters. The summed E-state index contributed by atoms with van der Waals surface area (Å²) in [6, 6.07) is 13.6. The summed E-state index contributed by atoms with van der Waals surface area (Å²) in [4.78, 5) is 2.11. The molecule has 9 nitrogen and oxygen atoms in total. The molecule has 2 heterocycles. The average molecular weight is 522 g/mol. The molecule has 1 aliphatic heterocycles. The minimum Gasteiger partial charge on any atom is -0.497 e. The van der Waals surface area contributed by atoms with Gasteiger partial charge in [-0.05, 0) is 61.7 Å². The summed E-state index contributed by atoms with van der Waals surface area (Å²) in [5, 5.41) is 22.4. The van der Waals surface area contributed by atoms with Gasteiger partial charge in [-0.25, -0.2) is 4.68 Å². The number of ether oxygens (including phenoxy) is 3. The van der Waals surface area contributed by atoms with Crippen molar-refractivity contribution in [1.82, 2.24) is 15.0 Å². The van der Waals surface area contributed by atoms with Crippen molar-refractivity contribution in [2.45, 2.75) is 45.0 Å². The first-order valence-electron chi connectivity index (χ1n) is 12.0. The topological polar surface area (TPSA) is 93.9 Å². The largest absolute Gasteiger partial charge is 0.573 e. The van der Waals surface area contributed by atoms with E-state index >= 15 is 0 Å². The lowest BCUT2D eigenvalue weighted by atomic mass is 10.0. The number of halogens is 3. The Morgan fingerprint density at radius 1 is 1.05 bits per heavy atom. The molecule has 0 spiro atoms. The van der Waals surface area contributed by atoms with Gasteiger partial charge >= 0.3 is 6.36 Å². The van der Waals surface area contributed by atoms with Crippen LogP contribution in [0.25, 0.3) is 0 Å². The predicted octanol–water partition coefficient (Wildman–Crippen LogP) is 4.34. The van der Waals surface area contributed by atoms with Gasteiger partial charge in [0.1, 0.15) is 11.5 Å². The molecule has 2 aromatic carbocycles. The normalized spacial score (nSPS) is 15.5. The highest BCUT2D eigenvalue weighted by molar-refractivity contribution is 5.50. The van der Waals surface area contributed by atoms with Crippen LogP contribution in [0.4, 0.5) is 24.7 Å². The number of piperidine rings is 1. The molecule has 0 radical (unpaired) electrons. The van der Waals surface area contributed by atoms with E-state index in [-0.39, 0.29) is 11.8 Å². The van der Waals surface area contributed by atoms with Gasteiger partial charge < -0.3 is 29.5 Å². The Bertz CT molecular complexity index is 1130. The van der Waals surface area contributed by atoms with Gasteiger partial charge in [0, 0.05) is 31.4 Å². The van der Waals surface area contributed by atoms with Crippen molar-refractivity contribution >= 4 is 11.5 Å². The van der Waals surface area contributed by atoms with Crippen molar-refractivity contribution in [3.05, 3.63) is 59.8 Å². The quantitative estimate of drug-likeness (QED) is 0.381. The van der Waals surface area contributed by atoms with Crippen molar-refractivity contribution in [1.29, 1.82) is 0 Å². The Morgan fingerprint density at radius 2 is 1.70 bits per heavy atom. The molecule has 1 fully saturated rings. The summed E-state index contributed by atoms with van der Waals surface area (Å²) in [5.41, 5.74) is 2.13. The van der Waals surface area contributed by atoms with Gasteiger partial charge in [0.2, 0.25) is 6.29 Å². The fourth-order valence-electron chi connectivity index (χ4n) is 4.23. The maximum atomic E-state index is 12.4. The molecule has 1 aromatic heterocycles. The van der Waals surface area contributed by atoms with Crippen LogP contribution < -0.4 is 19.7 Å². The SMILES string of the molecule is CCOC(O)c1nnn(Cc2ccc(OC)cc2)c1NC1CCN(c2ccc(OC(F)(F)F)cc2)CC1. The number of nitrogens with zero attached hydrogens (tertiary/aromatic N) is 4. The molecule has 12 heteroatoms. The first kappa shape index (κ1) is 26.6. The van der Waals surface area contributed by atoms with E-state index in [1.807, 2.05) is 24.3 Å². The maximum Gasteiger partial charge on any atom is 0.573 e. The van der Waals surface area contributed by atoms with Crippen LogP contribution in [0.2, 0.25) is 0 Å². The highest BCUT2D eigenvalue weighted by Crippen LogP contribution is 2.29. The van der Waals surface area contributed by atoms with Crippen LogP contribution in [-0.2, 0) is 11.3 Å². The summed E-state index contributed by atoms with van der Waals surface area (Å²) in [5.74, 6) is 1.09. The summed E-state index contributed by atoms with van der Waals surface area (Å²) in [6.07, 6.45) is -4.40. The first-order valence-corrected chi connectivity index (χ1v) is 12.0. The van der Waals surface area contributed by atoms with E-state index < -0.39 is 12.7 Å². The summed E-state index contributed by atoms with van der Waals surface area (Å²) in [7, 11) is 1.61. The third-order valence-corrected chi connectivity index (χ3v) is 6.08. The second kappa shape index (κ2) is 11.7. The van der Waals surface area contributed by atoms with Crippen molar-refractivity contribution in [3.8, 4) is 11.5 Å².